The fourth-order valence-corrected chi connectivity index (χ4v) is 1.74. The molecule has 0 unspecified atom stereocenters. The summed E-state index contributed by atoms with van der Waals surface area (Å²) in [6.45, 7) is 0. The van der Waals surface area contributed by atoms with Crippen LogP contribution in [0, 0.1) is 20.2 Å². The highest BCUT2D eigenvalue weighted by Gasteiger charge is 2.10. The van der Waals surface area contributed by atoms with Crippen LogP contribution in [0.4, 0.5) is 11.4 Å². The van der Waals surface area contributed by atoms with E-state index in [9.17, 15) is 25.0 Å². The molecule has 2 aromatic rings. The van der Waals surface area contributed by atoms with Gasteiger partial charge in [-0.3, -0.25) is 20.2 Å². The lowest BCUT2D eigenvalue weighted by atomic mass is 10.1. The summed E-state index contributed by atoms with van der Waals surface area (Å²) in [7, 11) is 0. The van der Waals surface area contributed by atoms with E-state index in [-0.39, 0.29) is 22.7 Å². The first kappa shape index (κ1) is 15.8. The summed E-state index contributed by atoms with van der Waals surface area (Å²) < 4.78 is 4.95. The van der Waals surface area contributed by atoms with Crippen molar-refractivity contribution < 1.29 is 19.4 Å². The zero-order chi connectivity index (χ0) is 16.8. The van der Waals surface area contributed by atoms with Gasteiger partial charge in [-0.2, -0.15) is 0 Å². The van der Waals surface area contributed by atoms with E-state index in [0.717, 1.165) is 6.08 Å². The minimum Gasteiger partial charge on any atom is -0.423 e. The van der Waals surface area contributed by atoms with Crippen LogP contribution in [0.5, 0.6) is 5.75 Å². The predicted molar refractivity (Wildman–Crippen MR) is 80.9 cm³/mol. The number of carbonyl (C=O) groups is 1. The maximum Gasteiger partial charge on any atom is 0.336 e. The van der Waals surface area contributed by atoms with Crippen molar-refractivity contribution in [2.75, 3.05) is 0 Å². The van der Waals surface area contributed by atoms with Crippen LogP contribution < -0.4 is 4.74 Å². The van der Waals surface area contributed by atoms with Gasteiger partial charge in [-0.25, -0.2) is 4.79 Å². The quantitative estimate of drug-likeness (QED) is 0.275. The van der Waals surface area contributed by atoms with Gasteiger partial charge in [0.25, 0.3) is 11.4 Å². The van der Waals surface area contributed by atoms with Crippen molar-refractivity contribution in [3.05, 3.63) is 80.4 Å². The molecule has 0 radical (unpaired) electrons. The molecule has 0 bridgehead atoms. The summed E-state index contributed by atoms with van der Waals surface area (Å²) in [4.78, 5) is 31.9. The zero-order valence-electron chi connectivity index (χ0n) is 11.6. The van der Waals surface area contributed by atoms with E-state index in [1.807, 2.05) is 0 Å². The Balaban J connectivity index is 2.07. The molecule has 2 rings (SSSR count). The molecule has 0 amide bonds. The second kappa shape index (κ2) is 6.94. The van der Waals surface area contributed by atoms with Crippen molar-refractivity contribution in [2.45, 2.75) is 0 Å². The average molecular weight is 314 g/mol. The summed E-state index contributed by atoms with van der Waals surface area (Å²) in [5, 5.41) is 21.4. The molecule has 8 heteroatoms. The van der Waals surface area contributed by atoms with Crippen molar-refractivity contribution >= 4 is 23.4 Å². The molecule has 0 aliphatic rings. The lowest BCUT2D eigenvalue weighted by molar-refractivity contribution is -0.385. The van der Waals surface area contributed by atoms with Crippen LogP contribution in [-0.2, 0) is 4.79 Å². The number of non-ortho nitro benzene ring substituents is 1. The Hall–Kier alpha value is -3.55. The number of carbonyl (C=O) groups excluding carboxylic acids is 1. The van der Waals surface area contributed by atoms with Gasteiger partial charge >= 0.3 is 5.97 Å². The van der Waals surface area contributed by atoms with E-state index in [0.29, 0.717) is 0 Å². The predicted octanol–water partition coefficient (Wildman–Crippen LogP) is 3.12. The number of benzene rings is 2. The molecule has 0 atom stereocenters. The fraction of sp³-hybridized carbons (Fsp3) is 0. The van der Waals surface area contributed by atoms with Crippen LogP contribution in [0.1, 0.15) is 5.56 Å². The second-order valence-electron chi connectivity index (χ2n) is 4.32. The first-order chi connectivity index (χ1) is 11.0. The van der Waals surface area contributed by atoms with Gasteiger partial charge in [0, 0.05) is 24.3 Å². The lowest BCUT2D eigenvalue weighted by Gasteiger charge is -2.00. The van der Waals surface area contributed by atoms with Gasteiger partial charge in [-0.1, -0.05) is 12.1 Å². The maximum atomic E-state index is 11.7. The van der Waals surface area contributed by atoms with Gasteiger partial charge in [-0.05, 0) is 24.3 Å². The Morgan fingerprint density at radius 1 is 0.957 bits per heavy atom. The van der Waals surface area contributed by atoms with E-state index in [4.69, 9.17) is 4.74 Å². The number of esters is 1. The highest BCUT2D eigenvalue weighted by Crippen LogP contribution is 2.20. The van der Waals surface area contributed by atoms with E-state index < -0.39 is 15.8 Å². The molecule has 8 nitrogen and oxygen atoms in total. The van der Waals surface area contributed by atoms with Crippen molar-refractivity contribution in [3.8, 4) is 5.75 Å². The van der Waals surface area contributed by atoms with Gasteiger partial charge in [0.2, 0.25) is 0 Å². The number of hydrogen-bond donors (Lipinski definition) is 0. The van der Waals surface area contributed by atoms with Gasteiger partial charge in [0.1, 0.15) is 5.75 Å². The lowest BCUT2D eigenvalue weighted by Crippen LogP contribution is -2.03. The molecule has 0 heterocycles. The highest BCUT2D eigenvalue weighted by molar-refractivity contribution is 5.89. The Bertz CT molecular complexity index is 783. The molecule has 0 spiro atoms. The molecule has 2 aromatic carbocycles. The topological polar surface area (TPSA) is 113 Å². The third kappa shape index (κ3) is 4.21. The van der Waals surface area contributed by atoms with Crippen molar-refractivity contribution in [2.24, 2.45) is 0 Å². The smallest absolute Gasteiger partial charge is 0.336 e. The average Bonchev–Trinajstić information content (AvgIpc) is 2.53. The third-order valence-corrected chi connectivity index (χ3v) is 2.80. The maximum absolute atomic E-state index is 11.7. The minimum atomic E-state index is -0.753. The number of para-hydroxylation sites is 1. The number of nitro benzene ring substituents is 2. The van der Waals surface area contributed by atoms with E-state index in [1.54, 1.807) is 6.07 Å². The SMILES string of the molecule is O=C(C=Cc1ccccc1[N+](=O)[O-])Oc1ccc([N+](=O)[O-])cc1. The van der Waals surface area contributed by atoms with Crippen molar-refractivity contribution in [1.29, 1.82) is 0 Å². The minimum absolute atomic E-state index is 0.125. The highest BCUT2D eigenvalue weighted by atomic mass is 16.6. The number of nitro groups is 2. The summed E-state index contributed by atoms with van der Waals surface area (Å²) >= 11 is 0. The molecule has 116 valence electrons. The standard InChI is InChI=1S/C15H10N2O6/c18-15(23-13-8-6-12(7-9-13)16(19)20)10-5-11-3-1-2-4-14(11)17(21)22/h1-10H. The third-order valence-electron chi connectivity index (χ3n) is 2.80. The summed E-state index contributed by atoms with van der Waals surface area (Å²) in [6.07, 6.45) is 2.32. The zero-order valence-corrected chi connectivity index (χ0v) is 11.6. The Kier molecular flexibility index (Phi) is 4.78. The van der Waals surface area contributed by atoms with Gasteiger partial charge in [0.05, 0.1) is 15.4 Å². The normalized spacial score (nSPS) is 10.4. The molecule has 0 saturated heterocycles. The molecular weight excluding hydrogens is 304 g/mol. The van der Waals surface area contributed by atoms with Crippen molar-refractivity contribution in [3.63, 3.8) is 0 Å². The van der Waals surface area contributed by atoms with Gasteiger partial charge < -0.3 is 4.74 Å². The number of nitrogens with zero attached hydrogens (tertiary/aromatic N) is 2. The summed E-state index contributed by atoms with van der Waals surface area (Å²) in [6, 6.07) is 10.9. The van der Waals surface area contributed by atoms with Gasteiger partial charge in [0.15, 0.2) is 0 Å². The molecular formula is C15H10N2O6. The van der Waals surface area contributed by atoms with E-state index in [1.165, 1.54) is 48.5 Å². The monoisotopic (exact) mass is 314 g/mol. The van der Waals surface area contributed by atoms with Crippen LogP contribution in [0.2, 0.25) is 0 Å². The number of hydrogen-bond acceptors (Lipinski definition) is 6. The number of rotatable bonds is 5. The van der Waals surface area contributed by atoms with Crippen LogP contribution in [0.25, 0.3) is 6.08 Å². The van der Waals surface area contributed by atoms with Crippen LogP contribution in [-0.4, -0.2) is 15.8 Å². The fourth-order valence-electron chi connectivity index (χ4n) is 1.74. The second-order valence-corrected chi connectivity index (χ2v) is 4.32. The molecule has 0 saturated carbocycles. The molecule has 0 fully saturated rings. The molecule has 23 heavy (non-hydrogen) atoms. The molecule has 0 aliphatic heterocycles. The Morgan fingerprint density at radius 2 is 1.61 bits per heavy atom. The first-order valence-corrected chi connectivity index (χ1v) is 6.35. The van der Waals surface area contributed by atoms with Crippen LogP contribution in [0.15, 0.2) is 54.6 Å². The van der Waals surface area contributed by atoms with E-state index >= 15 is 0 Å². The van der Waals surface area contributed by atoms with Crippen LogP contribution in [0.3, 0.4) is 0 Å². The van der Waals surface area contributed by atoms with Crippen molar-refractivity contribution in [1.82, 2.24) is 0 Å². The first-order valence-electron chi connectivity index (χ1n) is 6.35. The van der Waals surface area contributed by atoms with Gasteiger partial charge in [-0.15, -0.1) is 0 Å². The number of ether oxygens (including phenoxy) is 1. The largest absolute Gasteiger partial charge is 0.423 e. The Morgan fingerprint density at radius 3 is 2.22 bits per heavy atom. The Labute approximate surface area is 129 Å². The molecule has 0 aliphatic carbocycles. The summed E-state index contributed by atoms with van der Waals surface area (Å²) in [5.41, 5.74) is 0.00490. The van der Waals surface area contributed by atoms with E-state index in [2.05, 4.69) is 0 Å². The molecule has 0 aromatic heterocycles. The summed E-state index contributed by atoms with van der Waals surface area (Å²) in [5.74, 6) is -0.621. The van der Waals surface area contributed by atoms with Crippen LogP contribution >= 0.6 is 0 Å². The molecule has 0 N–H and O–H groups in total.